The molecule has 2 rings (SSSR count). The third-order valence-electron chi connectivity index (χ3n) is 4.72. The summed E-state index contributed by atoms with van der Waals surface area (Å²) < 4.78 is 13.5. The molecule has 0 spiro atoms. The van der Waals surface area contributed by atoms with Crippen LogP contribution in [0.25, 0.3) is 0 Å². The van der Waals surface area contributed by atoms with Crippen LogP contribution in [0.2, 0.25) is 0 Å². The number of aliphatic imine (C=N–C) groups is 1. The standard InChI is InChI=1S/C19H29FN4O.HI/c1-13-4-8-16(9-5-13)24-19(21-3)23-11-10-22-18(25)15-7-6-14(2)17(20)12-15;/h6-7,12-13,16H,4-5,8-11H2,1-3H3,(H,22,25)(H2,21,23,24);1H. The van der Waals surface area contributed by atoms with E-state index >= 15 is 0 Å². The fourth-order valence-corrected chi connectivity index (χ4v) is 2.99. The van der Waals surface area contributed by atoms with Gasteiger partial charge in [-0.3, -0.25) is 9.79 Å². The predicted octanol–water partition coefficient (Wildman–Crippen LogP) is 3.23. The predicted molar refractivity (Wildman–Crippen MR) is 115 cm³/mol. The Labute approximate surface area is 172 Å². The molecule has 1 aliphatic carbocycles. The summed E-state index contributed by atoms with van der Waals surface area (Å²) in [6.45, 7) is 4.97. The third-order valence-corrected chi connectivity index (χ3v) is 4.72. The van der Waals surface area contributed by atoms with Crippen LogP contribution in [0.5, 0.6) is 0 Å². The van der Waals surface area contributed by atoms with Crippen LogP contribution in [0.4, 0.5) is 4.39 Å². The van der Waals surface area contributed by atoms with Crippen LogP contribution in [0.1, 0.15) is 48.5 Å². The van der Waals surface area contributed by atoms with Gasteiger partial charge in [-0.1, -0.05) is 13.0 Å². The summed E-state index contributed by atoms with van der Waals surface area (Å²) in [7, 11) is 1.74. The van der Waals surface area contributed by atoms with E-state index < -0.39 is 0 Å². The minimum absolute atomic E-state index is 0. The van der Waals surface area contributed by atoms with E-state index in [1.807, 2.05) is 0 Å². The lowest BCUT2D eigenvalue weighted by Crippen LogP contribution is -2.46. The molecule has 1 fully saturated rings. The second-order valence-corrected chi connectivity index (χ2v) is 6.82. The number of rotatable bonds is 5. The highest BCUT2D eigenvalue weighted by Crippen LogP contribution is 2.23. The van der Waals surface area contributed by atoms with Crippen molar-refractivity contribution in [2.45, 2.75) is 45.6 Å². The molecule has 1 saturated carbocycles. The molecule has 0 saturated heterocycles. The molecule has 0 bridgehead atoms. The van der Waals surface area contributed by atoms with Crippen LogP contribution in [0.3, 0.4) is 0 Å². The highest BCUT2D eigenvalue weighted by atomic mass is 127. The molecule has 5 nitrogen and oxygen atoms in total. The molecule has 7 heteroatoms. The van der Waals surface area contributed by atoms with Gasteiger partial charge in [0.25, 0.3) is 5.91 Å². The summed E-state index contributed by atoms with van der Waals surface area (Å²) in [5.41, 5.74) is 0.868. The van der Waals surface area contributed by atoms with Gasteiger partial charge in [0.15, 0.2) is 5.96 Å². The number of carbonyl (C=O) groups excluding carboxylic acids is 1. The van der Waals surface area contributed by atoms with Gasteiger partial charge in [0, 0.05) is 31.7 Å². The number of halogens is 2. The zero-order chi connectivity index (χ0) is 18.2. The topological polar surface area (TPSA) is 65.5 Å². The maximum Gasteiger partial charge on any atom is 0.251 e. The van der Waals surface area contributed by atoms with Crippen molar-refractivity contribution in [3.63, 3.8) is 0 Å². The smallest absolute Gasteiger partial charge is 0.251 e. The van der Waals surface area contributed by atoms with Crippen LogP contribution in [0, 0.1) is 18.7 Å². The van der Waals surface area contributed by atoms with Crippen molar-refractivity contribution < 1.29 is 9.18 Å². The molecular formula is C19H30FIN4O. The summed E-state index contributed by atoms with van der Waals surface area (Å²) in [4.78, 5) is 16.2. The van der Waals surface area contributed by atoms with Crippen molar-refractivity contribution in [2.24, 2.45) is 10.9 Å². The average Bonchev–Trinajstić information content (AvgIpc) is 2.61. The lowest BCUT2D eigenvalue weighted by atomic mass is 9.87. The molecule has 0 aromatic heterocycles. The van der Waals surface area contributed by atoms with Gasteiger partial charge in [-0.2, -0.15) is 0 Å². The number of hydrogen-bond donors (Lipinski definition) is 3. The number of amides is 1. The summed E-state index contributed by atoms with van der Waals surface area (Å²) in [6, 6.07) is 4.97. The lowest BCUT2D eigenvalue weighted by Gasteiger charge is -2.28. The Bertz CT molecular complexity index is 616. The number of nitrogens with one attached hydrogen (secondary N) is 3. The maximum absolute atomic E-state index is 13.5. The first kappa shape index (κ1) is 22.7. The van der Waals surface area contributed by atoms with Crippen LogP contribution in [-0.4, -0.2) is 38.0 Å². The molecule has 1 aromatic rings. The van der Waals surface area contributed by atoms with Crippen molar-refractivity contribution >= 4 is 35.8 Å². The molecule has 26 heavy (non-hydrogen) atoms. The molecule has 0 atom stereocenters. The monoisotopic (exact) mass is 476 g/mol. The third kappa shape index (κ3) is 7.09. The Morgan fingerprint density at radius 2 is 1.85 bits per heavy atom. The zero-order valence-corrected chi connectivity index (χ0v) is 18.1. The van der Waals surface area contributed by atoms with Crippen molar-refractivity contribution in [1.29, 1.82) is 0 Å². The van der Waals surface area contributed by atoms with E-state index in [0.29, 0.717) is 30.3 Å². The molecule has 3 N–H and O–H groups in total. The first-order valence-corrected chi connectivity index (χ1v) is 9.01. The molecule has 0 aliphatic heterocycles. The van der Waals surface area contributed by atoms with E-state index in [1.165, 1.54) is 18.9 Å². The zero-order valence-electron chi connectivity index (χ0n) is 15.8. The quantitative estimate of drug-likeness (QED) is 0.265. The molecule has 0 unspecified atom stereocenters. The van der Waals surface area contributed by atoms with Gasteiger partial charge in [0.1, 0.15) is 5.82 Å². The van der Waals surface area contributed by atoms with E-state index in [0.717, 1.165) is 24.7 Å². The molecule has 1 aliphatic rings. The summed E-state index contributed by atoms with van der Waals surface area (Å²) in [5, 5.41) is 9.43. The molecule has 0 heterocycles. The van der Waals surface area contributed by atoms with Gasteiger partial charge in [0.05, 0.1) is 0 Å². The van der Waals surface area contributed by atoms with Crippen LogP contribution in [0.15, 0.2) is 23.2 Å². The number of benzene rings is 1. The van der Waals surface area contributed by atoms with Crippen LogP contribution >= 0.6 is 24.0 Å². The normalized spacial score (nSPS) is 20.1. The van der Waals surface area contributed by atoms with Gasteiger partial charge in [0.2, 0.25) is 0 Å². The van der Waals surface area contributed by atoms with E-state index in [2.05, 4.69) is 27.9 Å². The minimum atomic E-state index is -0.364. The lowest BCUT2D eigenvalue weighted by molar-refractivity contribution is 0.0954. The summed E-state index contributed by atoms with van der Waals surface area (Å²) in [5.74, 6) is 0.937. The Morgan fingerprint density at radius 3 is 2.46 bits per heavy atom. The largest absolute Gasteiger partial charge is 0.355 e. The second kappa shape index (κ2) is 11.4. The Balaban J connectivity index is 0.00000338. The van der Waals surface area contributed by atoms with Crippen LogP contribution < -0.4 is 16.0 Å². The number of hydrogen-bond acceptors (Lipinski definition) is 2. The molecular weight excluding hydrogens is 446 g/mol. The van der Waals surface area contributed by atoms with Gasteiger partial charge in [-0.25, -0.2) is 4.39 Å². The Kier molecular flexibility index (Phi) is 9.90. The van der Waals surface area contributed by atoms with E-state index in [4.69, 9.17) is 0 Å². The SMILES string of the molecule is CN=C(NCCNC(=O)c1ccc(C)c(F)c1)NC1CCC(C)CC1.I. The van der Waals surface area contributed by atoms with Gasteiger partial charge < -0.3 is 16.0 Å². The van der Waals surface area contributed by atoms with E-state index in [-0.39, 0.29) is 35.7 Å². The van der Waals surface area contributed by atoms with Gasteiger partial charge in [-0.15, -0.1) is 24.0 Å². The first-order chi connectivity index (χ1) is 12.0. The number of guanidine groups is 1. The molecule has 1 amide bonds. The van der Waals surface area contributed by atoms with Crippen molar-refractivity contribution in [3.05, 3.63) is 35.1 Å². The highest BCUT2D eigenvalue weighted by molar-refractivity contribution is 14.0. The first-order valence-electron chi connectivity index (χ1n) is 9.01. The molecule has 1 aromatic carbocycles. The second-order valence-electron chi connectivity index (χ2n) is 6.82. The highest BCUT2D eigenvalue weighted by Gasteiger charge is 2.18. The van der Waals surface area contributed by atoms with Crippen molar-refractivity contribution in [1.82, 2.24) is 16.0 Å². The van der Waals surface area contributed by atoms with Crippen LogP contribution in [-0.2, 0) is 0 Å². The number of nitrogens with zero attached hydrogens (tertiary/aromatic N) is 1. The summed E-state index contributed by atoms with van der Waals surface area (Å²) in [6.07, 6.45) is 4.82. The summed E-state index contributed by atoms with van der Waals surface area (Å²) >= 11 is 0. The van der Waals surface area contributed by atoms with Gasteiger partial charge >= 0.3 is 0 Å². The van der Waals surface area contributed by atoms with Crippen molar-refractivity contribution in [2.75, 3.05) is 20.1 Å². The van der Waals surface area contributed by atoms with Gasteiger partial charge in [-0.05, 0) is 56.2 Å². The molecule has 0 radical (unpaired) electrons. The number of aryl methyl sites for hydroxylation is 1. The van der Waals surface area contributed by atoms with Crippen molar-refractivity contribution in [3.8, 4) is 0 Å². The maximum atomic E-state index is 13.5. The Hall–Kier alpha value is -1.38. The number of carbonyl (C=O) groups is 1. The Morgan fingerprint density at radius 1 is 1.19 bits per heavy atom. The molecule has 146 valence electrons. The van der Waals surface area contributed by atoms with E-state index in [9.17, 15) is 9.18 Å². The average molecular weight is 476 g/mol. The minimum Gasteiger partial charge on any atom is -0.355 e. The van der Waals surface area contributed by atoms with E-state index in [1.54, 1.807) is 26.1 Å². The fraction of sp³-hybridized carbons (Fsp3) is 0.579. The fourth-order valence-electron chi connectivity index (χ4n) is 2.99.